The Kier molecular flexibility index (Phi) is 9.26. The molecular weight excluding hydrogens is 551 g/mol. The predicted octanol–water partition coefficient (Wildman–Crippen LogP) is 4.01. The minimum atomic E-state index is -3.96. The van der Waals surface area contributed by atoms with Crippen molar-refractivity contribution in [3.8, 4) is 5.75 Å². The summed E-state index contributed by atoms with van der Waals surface area (Å²) in [6, 6.07) is 17.0. The molecule has 41 heavy (non-hydrogen) atoms. The van der Waals surface area contributed by atoms with Crippen molar-refractivity contribution in [2.75, 3.05) is 37.4 Å². The topological polar surface area (TPSA) is 128 Å². The average molecular weight is 585 g/mol. The number of aliphatic hydroxyl groups is 1. The molecule has 0 aliphatic carbocycles. The highest BCUT2D eigenvalue weighted by molar-refractivity contribution is 7.89. The van der Waals surface area contributed by atoms with Crippen LogP contribution in [-0.4, -0.2) is 73.6 Å². The molecule has 0 unspecified atom stereocenters. The molecule has 0 bridgehead atoms. The number of nitrogens with zero attached hydrogens (tertiary/aromatic N) is 2. The van der Waals surface area contributed by atoms with Crippen molar-refractivity contribution in [1.82, 2.24) is 9.21 Å². The molecule has 0 aromatic heterocycles. The minimum absolute atomic E-state index is 0.0597. The summed E-state index contributed by atoms with van der Waals surface area (Å²) in [6.45, 7) is 3.39. The van der Waals surface area contributed by atoms with Gasteiger partial charge in [0.2, 0.25) is 10.0 Å². The molecule has 12 heteroatoms. The molecule has 0 fully saturated rings. The lowest BCUT2D eigenvalue weighted by Gasteiger charge is -2.38. The molecule has 0 saturated carbocycles. The number of amides is 3. The van der Waals surface area contributed by atoms with Crippen LogP contribution in [0.3, 0.4) is 0 Å². The third-order valence-corrected chi connectivity index (χ3v) is 8.75. The van der Waals surface area contributed by atoms with E-state index in [1.807, 2.05) is 13.0 Å². The van der Waals surface area contributed by atoms with E-state index in [2.05, 4.69) is 10.6 Å². The van der Waals surface area contributed by atoms with Crippen molar-refractivity contribution >= 4 is 33.3 Å². The summed E-state index contributed by atoms with van der Waals surface area (Å²) in [5.74, 6) is -1.06. The summed E-state index contributed by atoms with van der Waals surface area (Å²) in [4.78, 5) is 27.6. The van der Waals surface area contributed by atoms with Crippen molar-refractivity contribution in [3.05, 3.63) is 84.2 Å². The lowest BCUT2D eigenvalue weighted by molar-refractivity contribution is 0.0387. The van der Waals surface area contributed by atoms with Crippen LogP contribution >= 0.6 is 0 Å². The number of likely N-dealkylation sites (N-methyl/N-ethyl adjacent to an activating group) is 1. The van der Waals surface area contributed by atoms with Gasteiger partial charge in [-0.05, 0) is 61.5 Å². The molecule has 3 atom stereocenters. The summed E-state index contributed by atoms with van der Waals surface area (Å²) in [6.07, 6.45) is -0.685. The second-order valence-electron chi connectivity index (χ2n) is 10.0. The average Bonchev–Trinajstić information content (AvgIpc) is 2.95. The predicted molar refractivity (Wildman–Crippen MR) is 153 cm³/mol. The van der Waals surface area contributed by atoms with Gasteiger partial charge in [-0.15, -0.1) is 0 Å². The summed E-state index contributed by atoms with van der Waals surface area (Å²) < 4.78 is 47.1. The molecule has 0 radical (unpaired) electrons. The van der Waals surface area contributed by atoms with Crippen LogP contribution in [0.5, 0.6) is 5.75 Å². The van der Waals surface area contributed by atoms with Gasteiger partial charge in [-0.3, -0.25) is 4.79 Å². The molecule has 0 spiro atoms. The Morgan fingerprint density at radius 1 is 1.10 bits per heavy atom. The van der Waals surface area contributed by atoms with Crippen molar-refractivity contribution < 1.29 is 32.2 Å². The van der Waals surface area contributed by atoms with Crippen LogP contribution < -0.4 is 15.4 Å². The molecule has 3 aromatic carbocycles. The van der Waals surface area contributed by atoms with E-state index in [0.29, 0.717) is 11.4 Å². The van der Waals surface area contributed by atoms with Crippen molar-refractivity contribution in [2.45, 2.75) is 30.9 Å². The number of aliphatic hydroxyl groups excluding tert-OH is 1. The highest BCUT2D eigenvalue weighted by Gasteiger charge is 2.35. The molecule has 1 aliphatic heterocycles. The van der Waals surface area contributed by atoms with E-state index in [0.717, 1.165) is 16.4 Å². The number of carbonyl (C=O) groups excluding carboxylic acids is 2. The largest absolute Gasteiger partial charge is 0.488 e. The zero-order valence-electron chi connectivity index (χ0n) is 23.0. The number of sulfonamides is 1. The van der Waals surface area contributed by atoms with Gasteiger partial charge in [0, 0.05) is 30.9 Å². The number of nitrogens with one attached hydrogen (secondary N) is 2. The van der Waals surface area contributed by atoms with Crippen molar-refractivity contribution in [3.63, 3.8) is 0 Å². The van der Waals surface area contributed by atoms with E-state index < -0.39 is 39.9 Å². The van der Waals surface area contributed by atoms with E-state index in [4.69, 9.17) is 4.74 Å². The number of rotatable bonds is 8. The second kappa shape index (κ2) is 12.7. The fourth-order valence-electron chi connectivity index (χ4n) is 4.47. The minimum Gasteiger partial charge on any atom is -0.488 e. The van der Waals surface area contributed by atoms with Gasteiger partial charge >= 0.3 is 6.03 Å². The van der Waals surface area contributed by atoms with Crippen molar-refractivity contribution in [2.24, 2.45) is 5.92 Å². The third kappa shape index (κ3) is 7.02. The van der Waals surface area contributed by atoms with Gasteiger partial charge in [-0.25, -0.2) is 17.6 Å². The molecule has 3 N–H and O–H groups in total. The first-order valence-electron chi connectivity index (χ1n) is 13.1. The van der Waals surface area contributed by atoms with E-state index in [1.165, 1.54) is 30.1 Å². The third-order valence-electron chi connectivity index (χ3n) is 6.91. The van der Waals surface area contributed by atoms with Crippen LogP contribution in [-0.2, 0) is 10.0 Å². The first kappa shape index (κ1) is 30.0. The van der Waals surface area contributed by atoms with Gasteiger partial charge < -0.3 is 25.4 Å². The maximum Gasteiger partial charge on any atom is 0.323 e. The number of anilines is 2. The van der Waals surface area contributed by atoms with Crippen LogP contribution in [0.15, 0.2) is 77.7 Å². The maximum absolute atomic E-state index is 13.6. The Balaban J connectivity index is 1.61. The number of urea groups is 1. The number of carbonyl (C=O) groups is 2. The zero-order valence-corrected chi connectivity index (χ0v) is 23.8. The Labute approximate surface area is 238 Å². The quantitative estimate of drug-likeness (QED) is 0.367. The van der Waals surface area contributed by atoms with Gasteiger partial charge in [0.25, 0.3) is 5.91 Å². The lowest BCUT2D eigenvalue weighted by atomic mass is 9.99. The van der Waals surface area contributed by atoms with Crippen LogP contribution in [0.4, 0.5) is 20.6 Å². The number of halogens is 1. The molecule has 218 valence electrons. The molecule has 10 nitrogen and oxygen atoms in total. The van der Waals surface area contributed by atoms with E-state index in [-0.39, 0.29) is 41.8 Å². The number of hydrogen-bond acceptors (Lipinski definition) is 6. The number of para-hydroxylation sites is 1. The highest BCUT2D eigenvalue weighted by Crippen LogP contribution is 2.31. The van der Waals surface area contributed by atoms with Gasteiger partial charge in [0.15, 0.2) is 0 Å². The van der Waals surface area contributed by atoms with Crippen LogP contribution in [0, 0.1) is 11.7 Å². The molecule has 4 rings (SSSR count). The molecular formula is C29H33FN4O6S. The number of ether oxygens (including phenoxy) is 1. The molecule has 3 aromatic rings. The highest BCUT2D eigenvalue weighted by atomic mass is 32.2. The normalized spacial score (nSPS) is 18.1. The van der Waals surface area contributed by atoms with Crippen LogP contribution in [0.1, 0.15) is 24.2 Å². The molecule has 1 aliphatic rings. The zero-order chi connectivity index (χ0) is 29.7. The maximum atomic E-state index is 13.6. The van der Waals surface area contributed by atoms with Gasteiger partial charge in [0.05, 0.1) is 29.7 Å². The summed E-state index contributed by atoms with van der Waals surface area (Å²) >= 11 is 0. The lowest BCUT2D eigenvalue weighted by Crippen LogP contribution is -2.50. The molecule has 0 saturated heterocycles. The van der Waals surface area contributed by atoms with E-state index >= 15 is 0 Å². The smallest absolute Gasteiger partial charge is 0.323 e. The Morgan fingerprint density at radius 2 is 1.76 bits per heavy atom. The fraction of sp³-hybridized carbons (Fsp3) is 0.310. The SMILES string of the molecule is C[C@H]1CN([C@@H](C)CO)C(=O)c2cc(NC(=O)Nc3ccccc3)ccc2O[C@@H]1CN(C)S(=O)(=O)c1ccc(F)cc1. The summed E-state index contributed by atoms with van der Waals surface area (Å²) in [5, 5.41) is 15.3. The van der Waals surface area contributed by atoms with Gasteiger partial charge in [-0.1, -0.05) is 25.1 Å². The van der Waals surface area contributed by atoms with Gasteiger partial charge in [0.1, 0.15) is 17.7 Å². The van der Waals surface area contributed by atoms with Crippen LogP contribution in [0.2, 0.25) is 0 Å². The van der Waals surface area contributed by atoms with Crippen molar-refractivity contribution in [1.29, 1.82) is 0 Å². The fourth-order valence-corrected chi connectivity index (χ4v) is 5.65. The number of benzene rings is 3. The Bertz CT molecular complexity index is 1490. The summed E-state index contributed by atoms with van der Waals surface area (Å²) in [7, 11) is -2.55. The Morgan fingerprint density at radius 3 is 2.41 bits per heavy atom. The van der Waals surface area contributed by atoms with E-state index in [1.54, 1.807) is 43.3 Å². The number of fused-ring (bicyclic) bond motifs is 1. The second-order valence-corrected chi connectivity index (χ2v) is 12.1. The first-order valence-corrected chi connectivity index (χ1v) is 14.5. The van der Waals surface area contributed by atoms with Gasteiger partial charge in [-0.2, -0.15) is 4.31 Å². The van der Waals surface area contributed by atoms with E-state index in [9.17, 15) is 27.5 Å². The molecule has 1 heterocycles. The van der Waals surface area contributed by atoms with Crippen LogP contribution in [0.25, 0.3) is 0 Å². The Hall–Kier alpha value is -4.00. The summed E-state index contributed by atoms with van der Waals surface area (Å²) in [5.41, 5.74) is 1.09. The standard InChI is InChI=1S/C29H33FN4O6S/c1-19-16-34(20(2)18-35)28(36)25-15-23(32-29(37)31-22-7-5-4-6-8-22)11-14-26(25)40-27(19)17-33(3)41(38,39)24-12-9-21(30)10-13-24/h4-15,19-20,27,35H,16-18H2,1-3H3,(H2,31,32,37)/t19-,20-,27+/m0/s1. The molecule has 3 amide bonds. The number of hydrogen-bond donors (Lipinski definition) is 3. The monoisotopic (exact) mass is 584 g/mol. The first-order chi connectivity index (χ1) is 19.5.